The minimum atomic E-state index is -0.650. The van der Waals surface area contributed by atoms with Crippen molar-refractivity contribution < 1.29 is 18.7 Å². The van der Waals surface area contributed by atoms with Gasteiger partial charge in [-0.1, -0.05) is 12.5 Å². The number of rotatable bonds is 2. The Morgan fingerprint density at radius 2 is 2.05 bits per heavy atom. The molecule has 22 heavy (non-hydrogen) atoms. The van der Waals surface area contributed by atoms with Gasteiger partial charge in [-0.3, -0.25) is 9.59 Å². The molecule has 0 aromatic heterocycles. The Hall–Kier alpha value is -1.91. The van der Waals surface area contributed by atoms with Crippen molar-refractivity contribution in [3.8, 4) is 0 Å². The molecule has 1 N–H and O–H groups in total. The third kappa shape index (κ3) is 2.72. The predicted octanol–water partition coefficient (Wildman–Crippen LogP) is 3.34. The molecule has 1 amide bonds. The van der Waals surface area contributed by atoms with Gasteiger partial charge in [0.1, 0.15) is 11.4 Å². The van der Waals surface area contributed by atoms with E-state index in [1.54, 1.807) is 19.1 Å². The Bertz CT molecular complexity index is 608. The van der Waals surface area contributed by atoms with Gasteiger partial charge in [-0.2, -0.15) is 0 Å². The summed E-state index contributed by atoms with van der Waals surface area (Å²) in [7, 11) is 0. The number of nitrogens with one attached hydrogen (secondary N) is 1. The third-order valence-corrected chi connectivity index (χ3v) is 4.78. The molecule has 1 unspecified atom stereocenters. The molecule has 118 valence electrons. The summed E-state index contributed by atoms with van der Waals surface area (Å²) in [5, 5.41) is 2.73. The van der Waals surface area contributed by atoms with Crippen LogP contribution in [-0.2, 0) is 14.3 Å². The molecule has 1 spiro atoms. The SMILES string of the molecule is Cc1ccc(NC(=O)C2CC(=O)OC23CCCCC3)cc1F. The maximum absolute atomic E-state index is 13.6. The van der Waals surface area contributed by atoms with Crippen LogP contribution in [0, 0.1) is 18.7 Å². The van der Waals surface area contributed by atoms with Gasteiger partial charge in [-0.15, -0.1) is 0 Å². The number of aryl methyl sites for hydroxylation is 1. The van der Waals surface area contributed by atoms with Gasteiger partial charge in [-0.25, -0.2) is 4.39 Å². The van der Waals surface area contributed by atoms with Crippen molar-refractivity contribution in [2.24, 2.45) is 5.92 Å². The lowest BCUT2D eigenvalue weighted by molar-refractivity contribution is -0.153. The lowest BCUT2D eigenvalue weighted by Crippen LogP contribution is -2.43. The van der Waals surface area contributed by atoms with Crippen LogP contribution in [0.15, 0.2) is 18.2 Å². The summed E-state index contributed by atoms with van der Waals surface area (Å²) in [6.07, 6.45) is 4.63. The molecule has 1 saturated heterocycles. The maximum atomic E-state index is 13.6. The first-order chi connectivity index (χ1) is 10.5. The van der Waals surface area contributed by atoms with E-state index < -0.39 is 11.5 Å². The molecule has 2 fully saturated rings. The van der Waals surface area contributed by atoms with Crippen LogP contribution in [0.1, 0.15) is 44.1 Å². The fourth-order valence-corrected chi connectivity index (χ4v) is 3.52. The number of anilines is 1. The molecule has 3 rings (SSSR count). The van der Waals surface area contributed by atoms with Gasteiger partial charge in [0.25, 0.3) is 0 Å². The Labute approximate surface area is 129 Å². The van der Waals surface area contributed by atoms with Crippen molar-refractivity contribution in [2.75, 3.05) is 5.32 Å². The van der Waals surface area contributed by atoms with E-state index in [1.165, 1.54) is 6.07 Å². The summed E-state index contributed by atoms with van der Waals surface area (Å²) in [5.74, 6) is -1.40. The molecule has 1 saturated carbocycles. The van der Waals surface area contributed by atoms with Gasteiger partial charge < -0.3 is 10.1 Å². The van der Waals surface area contributed by atoms with Gasteiger partial charge in [0.05, 0.1) is 12.3 Å². The normalized spacial score (nSPS) is 23.4. The van der Waals surface area contributed by atoms with Gasteiger partial charge in [-0.05, 0) is 50.3 Å². The molecule has 2 aliphatic rings. The van der Waals surface area contributed by atoms with Crippen LogP contribution < -0.4 is 5.32 Å². The van der Waals surface area contributed by atoms with E-state index in [0.29, 0.717) is 11.3 Å². The van der Waals surface area contributed by atoms with Crippen molar-refractivity contribution in [3.63, 3.8) is 0 Å². The van der Waals surface area contributed by atoms with Crippen LogP contribution in [0.25, 0.3) is 0 Å². The Morgan fingerprint density at radius 1 is 1.32 bits per heavy atom. The molecule has 5 heteroatoms. The summed E-state index contributed by atoms with van der Waals surface area (Å²) in [4.78, 5) is 24.3. The zero-order valence-electron chi connectivity index (χ0n) is 12.7. The van der Waals surface area contributed by atoms with Crippen LogP contribution in [-0.4, -0.2) is 17.5 Å². The first kappa shape index (κ1) is 15.0. The molecular weight excluding hydrogens is 285 g/mol. The van der Waals surface area contributed by atoms with Crippen molar-refractivity contribution in [1.82, 2.24) is 0 Å². The Morgan fingerprint density at radius 3 is 2.73 bits per heavy atom. The Balaban J connectivity index is 1.78. The summed E-state index contributed by atoms with van der Waals surface area (Å²) in [6.45, 7) is 1.67. The first-order valence-corrected chi connectivity index (χ1v) is 7.79. The number of esters is 1. The number of benzene rings is 1. The number of ether oxygens (including phenoxy) is 1. The molecule has 1 aromatic rings. The number of carbonyl (C=O) groups excluding carboxylic acids is 2. The summed E-state index contributed by atoms with van der Waals surface area (Å²) >= 11 is 0. The summed E-state index contributed by atoms with van der Waals surface area (Å²) < 4.78 is 19.1. The zero-order chi connectivity index (χ0) is 15.7. The Kier molecular flexibility index (Phi) is 3.89. The van der Waals surface area contributed by atoms with Gasteiger partial charge in [0, 0.05) is 5.69 Å². The largest absolute Gasteiger partial charge is 0.458 e. The standard InChI is InChI=1S/C17H20FNO3/c1-11-5-6-12(9-14(11)18)19-16(21)13-10-15(20)22-17(13)7-3-2-4-8-17/h5-6,9,13H,2-4,7-8,10H2,1H3,(H,19,21). The van der Waals surface area contributed by atoms with E-state index in [2.05, 4.69) is 5.32 Å². The number of hydrogen-bond donors (Lipinski definition) is 1. The van der Waals surface area contributed by atoms with Crippen LogP contribution >= 0.6 is 0 Å². The van der Waals surface area contributed by atoms with E-state index in [1.807, 2.05) is 0 Å². The van der Waals surface area contributed by atoms with Crippen LogP contribution in [0.2, 0.25) is 0 Å². The van der Waals surface area contributed by atoms with E-state index >= 15 is 0 Å². The molecule has 0 radical (unpaired) electrons. The summed E-state index contributed by atoms with van der Waals surface area (Å²) in [6, 6.07) is 4.59. The highest BCUT2D eigenvalue weighted by Crippen LogP contribution is 2.44. The lowest BCUT2D eigenvalue weighted by atomic mass is 9.75. The number of amides is 1. The zero-order valence-corrected chi connectivity index (χ0v) is 12.7. The molecule has 1 aliphatic heterocycles. The average molecular weight is 305 g/mol. The predicted molar refractivity (Wildman–Crippen MR) is 79.8 cm³/mol. The topological polar surface area (TPSA) is 55.4 Å². The van der Waals surface area contributed by atoms with Crippen LogP contribution in [0.4, 0.5) is 10.1 Å². The van der Waals surface area contributed by atoms with Crippen molar-refractivity contribution >= 4 is 17.6 Å². The monoisotopic (exact) mass is 305 g/mol. The molecule has 1 heterocycles. The molecule has 1 aromatic carbocycles. The maximum Gasteiger partial charge on any atom is 0.307 e. The van der Waals surface area contributed by atoms with Crippen LogP contribution in [0.5, 0.6) is 0 Å². The second-order valence-corrected chi connectivity index (χ2v) is 6.31. The molecular formula is C17H20FNO3. The second kappa shape index (κ2) is 5.71. The lowest BCUT2D eigenvalue weighted by Gasteiger charge is -2.36. The highest BCUT2D eigenvalue weighted by Gasteiger charge is 2.52. The molecule has 1 atom stereocenters. The van der Waals surface area contributed by atoms with E-state index in [9.17, 15) is 14.0 Å². The smallest absolute Gasteiger partial charge is 0.307 e. The number of halogens is 1. The quantitative estimate of drug-likeness (QED) is 0.853. The first-order valence-electron chi connectivity index (χ1n) is 7.79. The highest BCUT2D eigenvalue weighted by atomic mass is 19.1. The van der Waals surface area contributed by atoms with Crippen molar-refractivity contribution in [3.05, 3.63) is 29.6 Å². The van der Waals surface area contributed by atoms with Crippen molar-refractivity contribution in [2.45, 2.75) is 51.0 Å². The summed E-state index contributed by atoms with van der Waals surface area (Å²) in [5.41, 5.74) is 0.294. The van der Waals surface area contributed by atoms with E-state index in [-0.39, 0.29) is 24.1 Å². The minimum absolute atomic E-state index is 0.111. The molecule has 1 aliphatic carbocycles. The highest BCUT2D eigenvalue weighted by molar-refractivity contribution is 5.97. The third-order valence-electron chi connectivity index (χ3n) is 4.78. The van der Waals surface area contributed by atoms with Gasteiger partial charge in [0.15, 0.2) is 0 Å². The number of carbonyl (C=O) groups is 2. The molecule has 4 nitrogen and oxygen atoms in total. The van der Waals surface area contributed by atoms with E-state index in [4.69, 9.17) is 4.74 Å². The minimum Gasteiger partial charge on any atom is -0.458 e. The fraction of sp³-hybridized carbons (Fsp3) is 0.529. The average Bonchev–Trinajstić information content (AvgIpc) is 2.80. The fourth-order valence-electron chi connectivity index (χ4n) is 3.52. The number of hydrogen-bond acceptors (Lipinski definition) is 3. The van der Waals surface area contributed by atoms with Crippen molar-refractivity contribution in [1.29, 1.82) is 0 Å². The second-order valence-electron chi connectivity index (χ2n) is 6.31. The van der Waals surface area contributed by atoms with E-state index in [0.717, 1.165) is 32.1 Å². The van der Waals surface area contributed by atoms with Crippen LogP contribution in [0.3, 0.4) is 0 Å². The molecule has 0 bridgehead atoms. The van der Waals surface area contributed by atoms with Gasteiger partial charge in [0.2, 0.25) is 5.91 Å². The van der Waals surface area contributed by atoms with Gasteiger partial charge >= 0.3 is 5.97 Å².